The number of morpholine rings is 1. The summed E-state index contributed by atoms with van der Waals surface area (Å²) in [5, 5.41) is 4.94. The first-order chi connectivity index (χ1) is 15.3. The van der Waals surface area contributed by atoms with Crippen LogP contribution >= 0.6 is 11.3 Å². The summed E-state index contributed by atoms with van der Waals surface area (Å²) in [7, 11) is 0. The lowest BCUT2D eigenvalue weighted by Crippen LogP contribution is -2.56. The van der Waals surface area contributed by atoms with Gasteiger partial charge in [0.1, 0.15) is 0 Å². The van der Waals surface area contributed by atoms with Crippen LogP contribution in [0.15, 0.2) is 53.5 Å². The summed E-state index contributed by atoms with van der Waals surface area (Å²) in [6, 6.07) is 10.2. The Bertz CT molecular complexity index is 1250. The Balaban J connectivity index is 1.42. The van der Waals surface area contributed by atoms with Gasteiger partial charge in [0.05, 0.1) is 37.7 Å². The zero-order valence-corrected chi connectivity index (χ0v) is 17.6. The number of fused-ring (bicyclic) bond motifs is 4. The lowest BCUT2D eigenvalue weighted by Gasteiger charge is -2.45. The summed E-state index contributed by atoms with van der Waals surface area (Å²) in [6.45, 7) is 3.13. The third-order valence-electron chi connectivity index (χ3n) is 6.03. The van der Waals surface area contributed by atoms with Crippen molar-refractivity contribution in [2.75, 3.05) is 42.6 Å². The van der Waals surface area contributed by atoms with Gasteiger partial charge in [-0.25, -0.2) is 9.97 Å². The Kier molecular flexibility index (Phi) is 4.47. The number of nitrogens with one attached hydrogen (secondary N) is 1. The predicted octanol–water partition coefficient (Wildman–Crippen LogP) is 3.59. The summed E-state index contributed by atoms with van der Waals surface area (Å²) < 4.78 is 5.74. The standard InChI is InChI=1S/C23H21N5O2S/c29-21(15-5-9-31-14-15)12-27-11-16-13-30-8-7-28(16)23-20(27)10-25-22(26-23)18-2-1-3-19-17(18)4-6-24-19/h1-6,9-10,14,16,24H,7-8,11-13H2. The SMILES string of the molecule is O=C(CN1CC2COCCN2c2nc(-c3cccc4[nH]ccc34)ncc21)c1ccsc1. The average molecular weight is 432 g/mol. The predicted molar refractivity (Wildman–Crippen MR) is 122 cm³/mol. The molecule has 1 N–H and O–H groups in total. The number of anilines is 2. The van der Waals surface area contributed by atoms with E-state index in [-0.39, 0.29) is 11.8 Å². The van der Waals surface area contributed by atoms with E-state index in [1.54, 1.807) is 11.3 Å². The molecule has 0 spiro atoms. The summed E-state index contributed by atoms with van der Waals surface area (Å²) in [4.78, 5) is 30.2. The molecular weight excluding hydrogens is 410 g/mol. The molecule has 0 bridgehead atoms. The number of thiophene rings is 1. The molecule has 1 unspecified atom stereocenters. The molecule has 2 aliphatic rings. The van der Waals surface area contributed by atoms with E-state index in [9.17, 15) is 4.79 Å². The molecule has 3 aromatic heterocycles. The Morgan fingerprint density at radius 2 is 2.26 bits per heavy atom. The number of H-pyrrole nitrogens is 1. The Morgan fingerprint density at radius 1 is 1.29 bits per heavy atom. The third kappa shape index (κ3) is 3.19. The van der Waals surface area contributed by atoms with E-state index in [1.807, 2.05) is 41.4 Å². The van der Waals surface area contributed by atoms with E-state index in [1.165, 1.54) is 0 Å². The molecular formula is C23H21N5O2S. The molecule has 0 aliphatic carbocycles. The monoisotopic (exact) mass is 431 g/mol. The second kappa shape index (κ2) is 7.47. The summed E-state index contributed by atoms with van der Waals surface area (Å²) >= 11 is 1.54. The highest BCUT2D eigenvalue weighted by Crippen LogP contribution is 2.37. The molecule has 1 atom stereocenters. The van der Waals surface area contributed by atoms with Gasteiger partial charge in [0.2, 0.25) is 0 Å². The van der Waals surface area contributed by atoms with Crippen LogP contribution in [-0.4, -0.2) is 59.6 Å². The highest BCUT2D eigenvalue weighted by molar-refractivity contribution is 7.08. The Hall–Kier alpha value is -3.23. The van der Waals surface area contributed by atoms with Crippen LogP contribution in [0.2, 0.25) is 0 Å². The number of ketones is 1. The number of hydrogen-bond acceptors (Lipinski definition) is 7. The first-order valence-electron chi connectivity index (χ1n) is 10.4. The van der Waals surface area contributed by atoms with Crippen molar-refractivity contribution in [3.63, 3.8) is 0 Å². The number of hydrogen-bond donors (Lipinski definition) is 1. The van der Waals surface area contributed by atoms with Crippen molar-refractivity contribution >= 4 is 39.5 Å². The highest BCUT2D eigenvalue weighted by atomic mass is 32.1. The minimum absolute atomic E-state index is 0.110. The summed E-state index contributed by atoms with van der Waals surface area (Å²) in [6.07, 6.45) is 3.80. The number of Topliss-reactive ketones (excluding diaryl/α,β-unsaturated/α-hetero) is 1. The van der Waals surface area contributed by atoms with E-state index >= 15 is 0 Å². The number of nitrogens with zero attached hydrogens (tertiary/aromatic N) is 4. The Labute approximate surface area is 183 Å². The number of ether oxygens (including phenoxy) is 1. The van der Waals surface area contributed by atoms with Crippen LogP contribution in [-0.2, 0) is 4.74 Å². The second-order valence-electron chi connectivity index (χ2n) is 7.88. The first-order valence-corrected chi connectivity index (χ1v) is 11.3. The van der Waals surface area contributed by atoms with Crippen molar-refractivity contribution in [1.29, 1.82) is 0 Å². The zero-order chi connectivity index (χ0) is 20.8. The molecule has 8 heteroatoms. The van der Waals surface area contributed by atoms with Gasteiger partial charge in [-0.1, -0.05) is 12.1 Å². The molecule has 7 nitrogen and oxygen atoms in total. The van der Waals surface area contributed by atoms with Gasteiger partial charge in [-0.15, -0.1) is 0 Å². The number of aromatic amines is 1. The Morgan fingerprint density at radius 3 is 3.16 bits per heavy atom. The van der Waals surface area contributed by atoms with E-state index in [0.29, 0.717) is 25.6 Å². The van der Waals surface area contributed by atoms with Crippen molar-refractivity contribution in [3.05, 3.63) is 59.0 Å². The average Bonchev–Trinajstić information content (AvgIpc) is 3.51. The number of aromatic nitrogens is 3. The van der Waals surface area contributed by atoms with Gasteiger partial charge >= 0.3 is 0 Å². The van der Waals surface area contributed by atoms with Crippen LogP contribution in [0.4, 0.5) is 11.5 Å². The van der Waals surface area contributed by atoms with Gasteiger partial charge in [-0.05, 0) is 23.6 Å². The zero-order valence-electron chi connectivity index (χ0n) is 16.8. The van der Waals surface area contributed by atoms with Crippen molar-refractivity contribution in [3.8, 4) is 11.4 Å². The molecule has 1 fully saturated rings. The minimum atomic E-state index is 0.110. The molecule has 6 rings (SSSR count). The third-order valence-corrected chi connectivity index (χ3v) is 6.72. The number of rotatable bonds is 4. The lowest BCUT2D eigenvalue weighted by molar-refractivity contribution is 0.0917. The topological polar surface area (TPSA) is 74.3 Å². The van der Waals surface area contributed by atoms with E-state index in [0.717, 1.165) is 46.6 Å². The molecule has 2 aliphatic heterocycles. The summed E-state index contributed by atoms with van der Waals surface area (Å²) in [5.41, 5.74) is 3.72. The van der Waals surface area contributed by atoms with Gasteiger partial charge < -0.3 is 19.5 Å². The fourth-order valence-electron chi connectivity index (χ4n) is 4.49. The second-order valence-corrected chi connectivity index (χ2v) is 8.66. The quantitative estimate of drug-likeness (QED) is 0.498. The maximum absolute atomic E-state index is 12.8. The van der Waals surface area contributed by atoms with Crippen LogP contribution in [0.5, 0.6) is 0 Å². The van der Waals surface area contributed by atoms with Gasteiger partial charge in [-0.3, -0.25) is 4.79 Å². The van der Waals surface area contributed by atoms with Crippen LogP contribution in [0.3, 0.4) is 0 Å². The molecule has 0 amide bonds. The van der Waals surface area contributed by atoms with Gasteiger partial charge in [0.15, 0.2) is 17.4 Å². The van der Waals surface area contributed by atoms with Crippen LogP contribution in [0.25, 0.3) is 22.3 Å². The van der Waals surface area contributed by atoms with Gasteiger partial charge in [0.25, 0.3) is 0 Å². The molecule has 156 valence electrons. The van der Waals surface area contributed by atoms with Crippen LogP contribution in [0.1, 0.15) is 10.4 Å². The van der Waals surface area contributed by atoms with E-state index in [2.05, 4.69) is 26.9 Å². The van der Waals surface area contributed by atoms with Crippen LogP contribution in [0, 0.1) is 0 Å². The van der Waals surface area contributed by atoms with Crippen molar-refractivity contribution < 1.29 is 9.53 Å². The van der Waals surface area contributed by atoms with Gasteiger partial charge in [-0.2, -0.15) is 11.3 Å². The molecule has 1 aromatic carbocycles. The van der Waals surface area contributed by atoms with Crippen LogP contribution < -0.4 is 9.80 Å². The largest absolute Gasteiger partial charge is 0.377 e. The molecule has 4 aromatic rings. The van der Waals surface area contributed by atoms with E-state index in [4.69, 9.17) is 14.7 Å². The maximum Gasteiger partial charge on any atom is 0.182 e. The normalized spacial score (nSPS) is 18.1. The fraction of sp³-hybridized carbons (Fsp3) is 0.261. The first kappa shape index (κ1) is 18.5. The summed E-state index contributed by atoms with van der Waals surface area (Å²) in [5.74, 6) is 1.69. The minimum Gasteiger partial charge on any atom is -0.377 e. The van der Waals surface area contributed by atoms with E-state index < -0.39 is 0 Å². The number of benzene rings is 1. The van der Waals surface area contributed by atoms with Crippen molar-refractivity contribution in [1.82, 2.24) is 15.0 Å². The fourth-order valence-corrected chi connectivity index (χ4v) is 5.15. The molecule has 0 radical (unpaired) electrons. The smallest absolute Gasteiger partial charge is 0.182 e. The molecule has 0 saturated carbocycles. The maximum atomic E-state index is 12.8. The lowest BCUT2D eigenvalue weighted by atomic mass is 10.1. The highest BCUT2D eigenvalue weighted by Gasteiger charge is 2.35. The number of carbonyl (C=O) groups excluding carboxylic acids is 1. The molecule has 1 saturated heterocycles. The van der Waals surface area contributed by atoms with Gasteiger partial charge in [0, 0.05) is 46.7 Å². The molecule has 31 heavy (non-hydrogen) atoms. The molecule has 5 heterocycles. The number of carbonyl (C=O) groups is 1. The van der Waals surface area contributed by atoms with Crippen molar-refractivity contribution in [2.45, 2.75) is 6.04 Å². The van der Waals surface area contributed by atoms with Crippen molar-refractivity contribution in [2.24, 2.45) is 0 Å².